The van der Waals surface area contributed by atoms with Crippen molar-refractivity contribution >= 4 is 34.6 Å². The molecule has 0 aliphatic carbocycles. The molecule has 0 heterocycles. The molecule has 4 nitrogen and oxygen atoms in total. The van der Waals surface area contributed by atoms with E-state index in [2.05, 4.69) is 5.32 Å². The van der Waals surface area contributed by atoms with Gasteiger partial charge in [0.05, 0.1) is 33.6 Å². The summed E-state index contributed by atoms with van der Waals surface area (Å²) in [7, 11) is 0. The summed E-state index contributed by atoms with van der Waals surface area (Å²) in [5.41, 5.74) is 22.0. The maximum atomic E-state index is 6.38. The van der Waals surface area contributed by atoms with Crippen LogP contribution in [0.25, 0.3) is 0 Å². The summed E-state index contributed by atoms with van der Waals surface area (Å²) in [6.45, 7) is 0. The Kier molecular flexibility index (Phi) is 5.69. The molecule has 0 saturated heterocycles. The smallest absolute Gasteiger partial charge is 0.0817 e. The summed E-state index contributed by atoms with van der Waals surface area (Å²) < 4.78 is 0. The van der Waals surface area contributed by atoms with Crippen LogP contribution in [-0.4, -0.2) is 0 Å². The van der Waals surface area contributed by atoms with Crippen LogP contribution >= 0.6 is 23.2 Å². The summed E-state index contributed by atoms with van der Waals surface area (Å²) >= 11 is 12.5. The monoisotopic (exact) mass is 386 g/mol. The molecule has 3 aromatic rings. The van der Waals surface area contributed by atoms with E-state index in [-0.39, 0.29) is 12.2 Å². The Morgan fingerprint density at radius 3 is 1.65 bits per heavy atom. The lowest BCUT2D eigenvalue weighted by Crippen LogP contribution is -2.33. The first-order valence-corrected chi connectivity index (χ1v) is 8.87. The first-order chi connectivity index (χ1) is 12.5. The van der Waals surface area contributed by atoms with Crippen LogP contribution in [0.2, 0.25) is 10.0 Å². The third kappa shape index (κ3) is 4.11. The third-order valence-electron chi connectivity index (χ3n) is 4.22. The fraction of sp³-hybridized carbons (Fsp3) is 0.100. The zero-order valence-corrected chi connectivity index (χ0v) is 15.5. The summed E-state index contributed by atoms with van der Waals surface area (Å²) in [4.78, 5) is 0. The first kappa shape index (κ1) is 18.5. The Morgan fingerprint density at radius 2 is 1.19 bits per heavy atom. The average molecular weight is 387 g/mol. The molecule has 7 N–H and O–H groups in total. The molecule has 1 unspecified atom stereocenters. The number of hydrogen-bond donors (Lipinski definition) is 4. The number of anilines is 2. The van der Waals surface area contributed by atoms with Gasteiger partial charge in [0, 0.05) is 0 Å². The molecule has 3 rings (SSSR count). The summed E-state index contributed by atoms with van der Waals surface area (Å²) in [6.07, 6.45) is -0.381. The molecule has 6 heteroatoms. The minimum Gasteiger partial charge on any atom is -0.398 e. The van der Waals surface area contributed by atoms with Crippen molar-refractivity contribution in [2.75, 3.05) is 11.5 Å². The van der Waals surface area contributed by atoms with Crippen LogP contribution < -0.4 is 22.5 Å². The van der Waals surface area contributed by atoms with Gasteiger partial charge in [-0.2, -0.15) is 0 Å². The van der Waals surface area contributed by atoms with Crippen LogP contribution in [0.3, 0.4) is 0 Å². The van der Waals surface area contributed by atoms with Crippen molar-refractivity contribution in [3.05, 3.63) is 93.5 Å². The van der Waals surface area contributed by atoms with E-state index in [0.29, 0.717) is 21.4 Å². The van der Waals surface area contributed by atoms with Crippen LogP contribution in [0, 0.1) is 0 Å². The summed E-state index contributed by atoms with van der Waals surface area (Å²) in [6, 6.07) is 20.6. The number of nitrogens with two attached hydrogens (primary N) is 3. The normalized spacial score (nSPS) is 12.3. The van der Waals surface area contributed by atoms with Gasteiger partial charge < -0.3 is 17.2 Å². The van der Waals surface area contributed by atoms with E-state index in [1.54, 1.807) is 12.1 Å². The third-order valence-corrected chi connectivity index (χ3v) is 4.88. The number of nitrogens with one attached hydrogen (secondary N) is 1. The maximum Gasteiger partial charge on any atom is 0.0817 e. The van der Waals surface area contributed by atoms with Crippen LogP contribution in [0.5, 0.6) is 0 Å². The van der Waals surface area contributed by atoms with Crippen molar-refractivity contribution in [1.82, 2.24) is 5.32 Å². The van der Waals surface area contributed by atoms with Crippen LogP contribution in [0.4, 0.5) is 11.4 Å². The van der Waals surface area contributed by atoms with Gasteiger partial charge >= 0.3 is 0 Å². The fourth-order valence-electron chi connectivity index (χ4n) is 2.77. The van der Waals surface area contributed by atoms with E-state index in [1.807, 2.05) is 54.6 Å². The Labute approximate surface area is 162 Å². The number of rotatable bonds is 5. The van der Waals surface area contributed by atoms with Gasteiger partial charge in [0.1, 0.15) is 0 Å². The molecule has 0 aliphatic heterocycles. The lowest BCUT2D eigenvalue weighted by Gasteiger charge is -2.25. The number of halogens is 2. The average Bonchev–Trinajstić information content (AvgIpc) is 2.65. The molecule has 0 saturated carbocycles. The van der Waals surface area contributed by atoms with Crippen LogP contribution in [0.15, 0.2) is 66.7 Å². The number of benzene rings is 3. The zero-order chi connectivity index (χ0) is 18.7. The first-order valence-electron chi connectivity index (χ1n) is 8.12. The van der Waals surface area contributed by atoms with E-state index < -0.39 is 0 Å². The quantitative estimate of drug-likeness (QED) is 0.383. The predicted octanol–water partition coefficient (Wildman–Crippen LogP) is 4.49. The Balaban J connectivity index is 2.00. The molecule has 0 radical (unpaired) electrons. The largest absolute Gasteiger partial charge is 0.398 e. The molecule has 0 fully saturated rings. The second-order valence-electron chi connectivity index (χ2n) is 6.05. The highest BCUT2D eigenvalue weighted by Gasteiger charge is 2.19. The van der Waals surface area contributed by atoms with Gasteiger partial charge in [-0.3, -0.25) is 5.32 Å². The molecule has 0 bridgehead atoms. The zero-order valence-electron chi connectivity index (χ0n) is 14.0. The SMILES string of the molecule is Nc1ccc(C(NC(N)c2ccccc2)c2ccc(N)c(Cl)c2)cc1Cl. The molecular weight excluding hydrogens is 367 g/mol. The van der Waals surface area contributed by atoms with Crippen LogP contribution in [0.1, 0.15) is 28.9 Å². The second-order valence-corrected chi connectivity index (χ2v) is 6.86. The molecule has 0 aromatic heterocycles. The lowest BCUT2D eigenvalue weighted by atomic mass is 9.97. The Hall–Kier alpha value is -2.24. The van der Waals surface area contributed by atoms with Gasteiger partial charge in [-0.05, 0) is 41.0 Å². The summed E-state index contributed by atoms with van der Waals surface area (Å²) in [5.74, 6) is 0. The van der Waals surface area contributed by atoms with Crippen molar-refractivity contribution in [3.8, 4) is 0 Å². The van der Waals surface area contributed by atoms with Crippen molar-refractivity contribution < 1.29 is 0 Å². The Morgan fingerprint density at radius 1 is 0.692 bits per heavy atom. The van der Waals surface area contributed by atoms with E-state index >= 15 is 0 Å². The fourth-order valence-corrected chi connectivity index (χ4v) is 3.14. The van der Waals surface area contributed by atoms with Crippen molar-refractivity contribution in [3.63, 3.8) is 0 Å². The second kappa shape index (κ2) is 7.98. The molecule has 3 aromatic carbocycles. The van der Waals surface area contributed by atoms with Gasteiger partial charge in [0.2, 0.25) is 0 Å². The van der Waals surface area contributed by atoms with E-state index in [1.165, 1.54) is 0 Å². The topological polar surface area (TPSA) is 90.1 Å². The van der Waals surface area contributed by atoms with Gasteiger partial charge in [-0.1, -0.05) is 65.7 Å². The molecule has 0 aliphatic rings. The van der Waals surface area contributed by atoms with Gasteiger partial charge in [-0.15, -0.1) is 0 Å². The highest BCUT2D eigenvalue weighted by atomic mass is 35.5. The number of hydrogen-bond acceptors (Lipinski definition) is 4. The molecular formula is C20H20Cl2N4. The van der Waals surface area contributed by atoms with Gasteiger partial charge in [-0.25, -0.2) is 0 Å². The number of nitrogen functional groups attached to an aromatic ring is 2. The van der Waals surface area contributed by atoms with Crippen molar-refractivity contribution in [1.29, 1.82) is 0 Å². The predicted molar refractivity (Wildman–Crippen MR) is 110 cm³/mol. The van der Waals surface area contributed by atoms with E-state index in [9.17, 15) is 0 Å². The van der Waals surface area contributed by atoms with Gasteiger partial charge in [0.15, 0.2) is 0 Å². The van der Waals surface area contributed by atoms with Crippen LogP contribution in [-0.2, 0) is 0 Å². The van der Waals surface area contributed by atoms with Crippen molar-refractivity contribution in [2.24, 2.45) is 5.73 Å². The molecule has 0 spiro atoms. The summed E-state index contributed by atoms with van der Waals surface area (Å²) in [5, 5.41) is 4.42. The van der Waals surface area contributed by atoms with E-state index in [4.69, 9.17) is 40.4 Å². The lowest BCUT2D eigenvalue weighted by molar-refractivity contribution is 0.499. The molecule has 134 valence electrons. The molecule has 26 heavy (non-hydrogen) atoms. The molecule has 0 amide bonds. The maximum absolute atomic E-state index is 6.38. The Bertz CT molecular complexity index is 848. The molecule has 1 atom stereocenters. The minimum absolute atomic E-state index is 0.235. The van der Waals surface area contributed by atoms with Crippen molar-refractivity contribution in [2.45, 2.75) is 12.2 Å². The highest BCUT2D eigenvalue weighted by molar-refractivity contribution is 6.33. The highest BCUT2D eigenvalue weighted by Crippen LogP contribution is 2.31. The van der Waals surface area contributed by atoms with E-state index in [0.717, 1.165) is 16.7 Å². The standard InChI is InChI=1S/C20H20Cl2N4/c21-15-10-13(6-8-17(15)23)19(14-7-9-18(24)16(22)11-14)26-20(25)12-4-2-1-3-5-12/h1-11,19-20,26H,23-25H2. The van der Waals surface area contributed by atoms with Gasteiger partial charge in [0.25, 0.3) is 0 Å². The minimum atomic E-state index is -0.381.